The van der Waals surface area contributed by atoms with Gasteiger partial charge in [-0.3, -0.25) is 24.8 Å². The summed E-state index contributed by atoms with van der Waals surface area (Å²) in [4.78, 5) is 42.7. The predicted octanol–water partition coefficient (Wildman–Crippen LogP) is 3.70. The molecule has 1 unspecified atom stereocenters. The highest BCUT2D eigenvalue weighted by atomic mass is 16.2. The van der Waals surface area contributed by atoms with Gasteiger partial charge in [-0.2, -0.15) is 0 Å². The largest absolute Gasteiger partial charge is 0.331 e. The number of carbonyl (C=O) groups excluding carboxylic acids is 3. The fourth-order valence-electron chi connectivity index (χ4n) is 3.06. The van der Waals surface area contributed by atoms with E-state index in [2.05, 4.69) is 24.2 Å². The van der Waals surface area contributed by atoms with Crippen LogP contribution in [0.3, 0.4) is 0 Å². The summed E-state index contributed by atoms with van der Waals surface area (Å²) in [6.45, 7) is 4.40. The van der Waals surface area contributed by atoms with Crippen molar-refractivity contribution in [2.24, 2.45) is 10.9 Å². The molecule has 4 amide bonds. The molecule has 0 aliphatic carbocycles. The van der Waals surface area contributed by atoms with Crippen molar-refractivity contribution < 1.29 is 14.4 Å². The first kappa shape index (κ1) is 20.8. The van der Waals surface area contributed by atoms with Crippen molar-refractivity contribution in [2.75, 3.05) is 0 Å². The lowest BCUT2D eigenvalue weighted by Gasteiger charge is -2.28. The van der Waals surface area contributed by atoms with E-state index in [-0.39, 0.29) is 12.6 Å². The SMILES string of the molecule is CCCCC(CCCC)N=CC1C(=O)NC(=O)N(Cc2ccccc2)C1=O. The normalized spacial score (nSPS) is 17.8. The van der Waals surface area contributed by atoms with E-state index >= 15 is 0 Å². The first-order chi connectivity index (χ1) is 13.1. The highest BCUT2D eigenvalue weighted by Gasteiger charge is 2.39. The second-order valence-electron chi connectivity index (χ2n) is 6.92. The first-order valence-corrected chi connectivity index (χ1v) is 9.80. The lowest BCUT2D eigenvalue weighted by atomic mass is 10.0. The number of benzene rings is 1. The molecule has 0 radical (unpaired) electrons. The van der Waals surface area contributed by atoms with Gasteiger partial charge in [0.15, 0.2) is 5.92 Å². The zero-order valence-electron chi connectivity index (χ0n) is 16.2. The second-order valence-corrected chi connectivity index (χ2v) is 6.92. The zero-order chi connectivity index (χ0) is 19.6. The minimum Gasteiger partial charge on any atom is -0.293 e. The van der Waals surface area contributed by atoms with E-state index in [0.717, 1.165) is 49.0 Å². The van der Waals surface area contributed by atoms with Gasteiger partial charge in [0.05, 0.1) is 6.54 Å². The number of rotatable bonds is 10. The van der Waals surface area contributed by atoms with Crippen molar-refractivity contribution in [3.05, 3.63) is 35.9 Å². The van der Waals surface area contributed by atoms with Gasteiger partial charge in [-0.15, -0.1) is 0 Å². The average Bonchev–Trinajstić information content (AvgIpc) is 2.67. The van der Waals surface area contributed by atoms with Gasteiger partial charge in [0.25, 0.3) is 0 Å². The number of nitrogens with zero attached hydrogens (tertiary/aromatic N) is 2. The highest BCUT2D eigenvalue weighted by molar-refractivity contribution is 6.23. The molecule has 6 nitrogen and oxygen atoms in total. The zero-order valence-corrected chi connectivity index (χ0v) is 16.2. The molecular weight excluding hydrogens is 342 g/mol. The van der Waals surface area contributed by atoms with E-state index in [1.165, 1.54) is 6.21 Å². The fraction of sp³-hybridized carbons (Fsp3) is 0.524. The Morgan fingerprint density at radius 3 is 2.30 bits per heavy atom. The Kier molecular flexibility index (Phi) is 8.17. The monoisotopic (exact) mass is 371 g/mol. The van der Waals surface area contributed by atoms with E-state index < -0.39 is 23.8 Å². The molecule has 0 spiro atoms. The Hall–Kier alpha value is -2.50. The van der Waals surface area contributed by atoms with Crippen LogP contribution < -0.4 is 5.32 Å². The van der Waals surface area contributed by atoms with Gasteiger partial charge >= 0.3 is 6.03 Å². The smallest absolute Gasteiger partial charge is 0.293 e. The number of barbiturate groups is 1. The quantitative estimate of drug-likeness (QED) is 0.503. The molecule has 1 atom stereocenters. The van der Waals surface area contributed by atoms with Crippen LogP contribution in [0.2, 0.25) is 0 Å². The molecule has 2 rings (SSSR count). The maximum Gasteiger partial charge on any atom is 0.331 e. The summed E-state index contributed by atoms with van der Waals surface area (Å²) in [5, 5.41) is 2.28. The molecule has 27 heavy (non-hydrogen) atoms. The molecule has 1 heterocycles. The van der Waals surface area contributed by atoms with E-state index in [0.29, 0.717) is 0 Å². The van der Waals surface area contributed by atoms with Crippen molar-refractivity contribution >= 4 is 24.1 Å². The first-order valence-electron chi connectivity index (χ1n) is 9.80. The molecule has 0 saturated carbocycles. The van der Waals surface area contributed by atoms with Crippen molar-refractivity contribution in [3.8, 4) is 0 Å². The summed E-state index contributed by atoms with van der Waals surface area (Å²) in [6.07, 6.45) is 7.63. The summed E-state index contributed by atoms with van der Waals surface area (Å²) in [5.41, 5.74) is 0.829. The van der Waals surface area contributed by atoms with Crippen LogP contribution in [-0.4, -0.2) is 35.0 Å². The van der Waals surface area contributed by atoms with Crippen LogP contribution in [0.4, 0.5) is 4.79 Å². The molecule has 1 aromatic carbocycles. The molecule has 1 fully saturated rings. The highest BCUT2D eigenvalue weighted by Crippen LogP contribution is 2.16. The van der Waals surface area contributed by atoms with Crippen molar-refractivity contribution in [2.45, 2.75) is 65.0 Å². The molecule has 1 aliphatic heterocycles. The van der Waals surface area contributed by atoms with Crippen molar-refractivity contribution in [3.63, 3.8) is 0 Å². The summed E-state index contributed by atoms with van der Waals surface area (Å²) in [7, 11) is 0. The Labute approximate surface area is 161 Å². The van der Waals surface area contributed by atoms with E-state index in [1.807, 2.05) is 30.3 Å². The maximum absolute atomic E-state index is 12.7. The average molecular weight is 371 g/mol. The van der Waals surface area contributed by atoms with Gasteiger partial charge in [0.1, 0.15) is 0 Å². The molecular formula is C21H29N3O3. The molecule has 1 aliphatic rings. The number of unbranched alkanes of at least 4 members (excludes halogenated alkanes) is 2. The van der Waals surface area contributed by atoms with Gasteiger partial charge in [-0.25, -0.2) is 4.79 Å². The third-order valence-electron chi connectivity index (χ3n) is 4.70. The molecule has 1 N–H and O–H groups in total. The molecule has 6 heteroatoms. The van der Waals surface area contributed by atoms with Crippen LogP contribution in [0.25, 0.3) is 0 Å². The molecule has 1 saturated heterocycles. The van der Waals surface area contributed by atoms with Crippen LogP contribution in [0.1, 0.15) is 57.9 Å². The third kappa shape index (κ3) is 6.01. The number of hydrogen-bond donors (Lipinski definition) is 1. The number of nitrogens with one attached hydrogen (secondary N) is 1. The lowest BCUT2D eigenvalue weighted by Crippen LogP contribution is -2.57. The summed E-state index contributed by atoms with van der Waals surface area (Å²) >= 11 is 0. The van der Waals surface area contributed by atoms with Gasteiger partial charge < -0.3 is 0 Å². The number of urea groups is 1. The van der Waals surface area contributed by atoms with Crippen LogP contribution in [0, 0.1) is 5.92 Å². The number of aliphatic imine (C=N–C) groups is 1. The summed E-state index contributed by atoms with van der Waals surface area (Å²) in [5.74, 6) is -2.15. The number of amides is 4. The molecule has 0 aromatic heterocycles. The minimum absolute atomic E-state index is 0.116. The van der Waals surface area contributed by atoms with E-state index in [4.69, 9.17) is 0 Å². The summed E-state index contributed by atoms with van der Waals surface area (Å²) < 4.78 is 0. The Morgan fingerprint density at radius 2 is 1.70 bits per heavy atom. The van der Waals surface area contributed by atoms with Crippen LogP contribution in [-0.2, 0) is 16.1 Å². The molecule has 1 aromatic rings. The lowest BCUT2D eigenvalue weighted by molar-refractivity contribution is -0.139. The van der Waals surface area contributed by atoms with E-state index in [9.17, 15) is 14.4 Å². The Bertz CT molecular complexity index is 665. The third-order valence-corrected chi connectivity index (χ3v) is 4.70. The van der Waals surface area contributed by atoms with E-state index in [1.54, 1.807) is 0 Å². The topological polar surface area (TPSA) is 78.8 Å². The number of carbonyl (C=O) groups is 3. The van der Waals surface area contributed by atoms with Gasteiger partial charge in [-0.1, -0.05) is 69.9 Å². The Balaban J connectivity index is 2.10. The van der Waals surface area contributed by atoms with Crippen LogP contribution in [0.5, 0.6) is 0 Å². The van der Waals surface area contributed by atoms with Crippen molar-refractivity contribution in [1.82, 2.24) is 10.2 Å². The summed E-state index contributed by atoms with van der Waals surface area (Å²) in [6, 6.07) is 8.68. The van der Waals surface area contributed by atoms with Crippen LogP contribution >= 0.6 is 0 Å². The van der Waals surface area contributed by atoms with Gasteiger partial charge in [0, 0.05) is 12.3 Å². The van der Waals surface area contributed by atoms with Gasteiger partial charge in [-0.05, 0) is 18.4 Å². The predicted molar refractivity (Wildman–Crippen MR) is 105 cm³/mol. The standard InChI is InChI=1S/C21H29N3O3/c1-3-5-12-17(13-6-4-2)22-14-18-19(25)23-21(27)24(20(18)26)15-16-10-8-7-9-11-16/h7-11,14,17-18H,3-6,12-13,15H2,1-2H3,(H,23,25,27). The van der Waals surface area contributed by atoms with Gasteiger partial charge in [0.2, 0.25) is 11.8 Å². The number of imide groups is 2. The number of hydrogen-bond acceptors (Lipinski definition) is 4. The van der Waals surface area contributed by atoms with Crippen molar-refractivity contribution in [1.29, 1.82) is 0 Å². The molecule has 146 valence electrons. The Morgan fingerprint density at radius 1 is 1.07 bits per heavy atom. The molecule has 0 bridgehead atoms. The second kappa shape index (κ2) is 10.6. The van der Waals surface area contributed by atoms with Crippen LogP contribution in [0.15, 0.2) is 35.3 Å². The fourth-order valence-corrected chi connectivity index (χ4v) is 3.06. The minimum atomic E-state index is -1.04. The maximum atomic E-state index is 12.7.